The smallest absolute Gasteiger partial charge is 0.243 e. The average molecular weight is 410 g/mol. The lowest BCUT2D eigenvalue weighted by molar-refractivity contribution is 0.198. The second kappa shape index (κ2) is 9.32. The van der Waals surface area contributed by atoms with Crippen LogP contribution < -0.4 is 0 Å². The molecule has 0 radical (unpaired) electrons. The van der Waals surface area contributed by atoms with Gasteiger partial charge in [0.2, 0.25) is 10.0 Å². The molecule has 0 fully saturated rings. The van der Waals surface area contributed by atoms with Gasteiger partial charge >= 0.3 is 0 Å². The minimum Gasteiger partial charge on any atom is -0.415 e. The van der Waals surface area contributed by atoms with Crippen LogP contribution in [0.25, 0.3) is 0 Å². The molecule has 1 aromatic rings. The van der Waals surface area contributed by atoms with E-state index in [0.717, 1.165) is 5.56 Å². The minimum atomic E-state index is -3.65. The lowest BCUT2D eigenvalue weighted by Crippen LogP contribution is -2.48. The molecule has 1 aromatic carbocycles. The molecule has 27 heavy (non-hydrogen) atoms. The van der Waals surface area contributed by atoms with Crippen molar-refractivity contribution >= 4 is 18.3 Å². The van der Waals surface area contributed by atoms with Gasteiger partial charge < -0.3 is 4.43 Å². The highest BCUT2D eigenvalue weighted by Crippen LogP contribution is 2.37. The maximum Gasteiger partial charge on any atom is 0.243 e. The molecule has 0 aliphatic rings. The van der Waals surface area contributed by atoms with E-state index in [-0.39, 0.29) is 22.5 Å². The highest BCUT2D eigenvalue weighted by atomic mass is 32.2. The highest BCUT2D eigenvalue weighted by molar-refractivity contribution is 7.89. The second-order valence-electron chi connectivity index (χ2n) is 8.43. The molecular weight excluding hydrogens is 374 g/mol. The van der Waals surface area contributed by atoms with Gasteiger partial charge in [0.15, 0.2) is 8.32 Å². The van der Waals surface area contributed by atoms with Crippen molar-refractivity contribution in [3.63, 3.8) is 0 Å². The van der Waals surface area contributed by atoms with E-state index in [1.165, 1.54) is 4.31 Å². The summed E-state index contributed by atoms with van der Waals surface area (Å²) in [5.41, 5.74) is 1.02. The summed E-state index contributed by atoms with van der Waals surface area (Å²) in [5.74, 6) is 0. The van der Waals surface area contributed by atoms with Crippen LogP contribution in [0.3, 0.4) is 0 Å². The number of sulfonamides is 1. The van der Waals surface area contributed by atoms with Gasteiger partial charge in [0, 0.05) is 6.54 Å². The van der Waals surface area contributed by atoms with Crippen LogP contribution in [0.1, 0.15) is 32.8 Å². The van der Waals surface area contributed by atoms with Crippen molar-refractivity contribution in [1.82, 2.24) is 4.31 Å². The van der Waals surface area contributed by atoms with Gasteiger partial charge in [0.25, 0.3) is 0 Å². The lowest BCUT2D eigenvalue weighted by Gasteiger charge is -2.38. The molecule has 0 aromatic heterocycles. The predicted molar refractivity (Wildman–Crippen MR) is 117 cm³/mol. The Morgan fingerprint density at radius 2 is 1.70 bits per heavy atom. The third-order valence-electron chi connectivity index (χ3n) is 5.23. The molecule has 0 aliphatic carbocycles. The molecule has 0 amide bonds. The third-order valence-corrected chi connectivity index (χ3v) is 11.7. The van der Waals surface area contributed by atoms with Crippen LogP contribution in [-0.4, -0.2) is 40.2 Å². The molecule has 0 saturated carbocycles. The van der Waals surface area contributed by atoms with Crippen molar-refractivity contribution in [3.8, 4) is 0 Å². The van der Waals surface area contributed by atoms with Gasteiger partial charge in [-0.1, -0.05) is 50.6 Å². The predicted octanol–water partition coefficient (Wildman–Crippen LogP) is 5.14. The molecule has 0 N–H and O–H groups in total. The fourth-order valence-corrected chi connectivity index (χ4v) is 5.03. The monoisotopic (exact) mass is 409 g/mol. The maximum atomic E-state index is 13.3. The standard InChI is InChI=1S/C21H35NO3SSi/c1-9-11-19(17-25-27(7,8)21(4,5)6)22(16-10-2)26(23,24)20-14-12-18(3)13-15-20/h9-10,12-15,19H,1-2,11,16-17H2,3-8H3. The molecule has 0 bridgehead atoms. The van der Waals surface area contributed by atoms with E-state index in [1.807, 2.05) is 19.1 Å². The summed E-state index contributed by atoms with van der Waals surface area (Å²) < 4.78 is 34.4. The van der Waals surface area contributed by atoms with E-state index in [1.54, 1.807) is 24.3 Å². The Balaban J connectivity index is 3.20. The molecule has 0 spiro atoms. The quantitative estimate of drug-likeness (QED) is 0.397. The normalized spacial score (nSPS) is 14.2. The van der Waals surface area contributed by atoms with Crippen LogP contribution >= 0.6 is 0 Å². The Morgan fingerprint density at radius 1 is 1.15 bits per heavy atom. The van der Waals surface area contributed by atoms with Gasteiger partial charge in [0.05, 0.1) is 17.5 Å². The average Bonchev–Trinajstić information content (AvgIpc) is 2.56. The first-order chi connectivity index (χ1) is 12.4. The summed E-state index contributed by atoms with van der Waals surface area (Å²) in [6, 6.07) is 6.61. The molecule has 4 nitrogen and oxygen atoms in total. The zero-order valence-electron chi connectivity index (χ0n) is 17.7. The van der Waals surface area contributed by atoms with Crippen LogP contribution in [-0.2, 0) is 14.4 Å². The SMILES string of the molecule is C=CCC(CO[Si](C)(C)C(C)(C)C)N(CC=C)S(=O)(=O)c1ccc(C)cc1. The minimum absolute atomic E-state index is 0.0603. The first-order valence-corrected chi connectivity index (χ1v) is 13.7. The number of hydrogen-bond acceptors (Lipinski definition) is 3. The molecule has 0 heterocycles. The zero-order chi connectivity index (χ0) is 20.9. The van der Waals surface area contributed by atoms with E-state index in [0.29, 0.717) is 13.0 Å². The Labute approximate surface area is 167 Å². The number of nitrogens with zero attached hydrogens (tertiary/aromatic N) is 1. The van der Waals surface area contributed by atoms with Crippen molar-refractivity contribution in [3.05, 3.63) is 55.1 Å². The van der Waals surface area contributed by atoms with E-state index in [2.05, 4.69) is 47.0 Å². The number of rotatable bonds is 10. The summed E-state index contributed by atoms with van der Waals surface area (Å²) >= 11 is 0. The van der Waals surface area contributed by atoms with Crippen molar-refractivity contribution in [2.75, 3.05) is 13.2 Å². The lowest BCUT2D eigenvalue weighted by atomic mass is 10.2. The Kier molecular flexibility index (Phi) is 8.23. The molecule has 6 heteroatoms. The summed E-state index contributed by atoms with van der Waals surface area (Å²) in [5, 5.41) is 0.0603. The summed E-state index contributed by atoms with van der Waals surface area (Å²) in [4.78, 5) is 0.288. The Hall–Kier alpha value is -1.21. The van der Waals surface area contributed by atoms with Crippen molar-refractivity contribution < 1.29 is 12.8 Å². The number of aryl methyl sites for hydroxylation is 1. The van der Waals surface area contributed by atoms with Crippen LogP contribution in [0.4, 0.5) is 0 Å². The van der Waals surface area contributed by atoms with Crippen LogP contribution in [0.5, 0.6) is 0 Å². The molecular formula is C21H35NO3SSi. The van der Waals surface area contributed by atoms with Crippen molar-refractivity contribution in [1.29, 1.82) is 0 Å². The van der Waals surface area contributed by atoms with Gasteiger partial charge in [-0.25, -0.2) is 8.42 Å². The number of hydrogen-bond donors (Lipinski definition) is 0. The first-order valence-electron chi connectivity index (χ1n) is 9.31. The van der Waals surface area contributed by atoms with Crippen molar-refractivity contribution in [2.45, 2.75) is 63.2 Å². The maximum absolute atomic E-state index is 13.3. The van der Waals surface area contributed by atoms with Gasteiger partial charge in [-0.3, -0.25) is 0 Å². The topological polar surface area (TPSA) is 46.6 Å². The molecule has 1 rings (SSSR count). The Morgan fingerprint density at radius 3 is 2.15 bits per heavy atom. The molecule has 152 valence electrons. The van der Waals surface area contributed by atoms with Crippen LogP contribution in [0.15, 0.2) is 54.5 Å². The van der Waals surface area contributed by atoms with Crippen molar-refractivity contribution in [2.24, 2.45) is 0 Å². The molecule has 1 atom stereocenters. The summed E-state index contributed by atoms with van der Waals surface area (Å²) in [7, 11) is -5.65. The Bertz CT molecular complexity index is 734. The van der Waals surface area contributed by atoms with Gasteiger partial charge in [-0.05, 0) is 43.6 Å². The molecule has 0 saturated heterocycles. The second-order valence-corrected chi connectivity index (χ2v) is 15.1. The third kappa shape index (κ3) is 6.14. The summed E-state index contributed by atoms with van der Waals surface area (Å²) in [6.07, 6.45) is 3.89. The molecule has 1 unspecified atom stereocenters. The highest BCUT2D eigenvalue weighted by Gasteiger charge is 2.39. The number of benzene rings is 1. The van der Waals surface area contributed by atoms with Gasteiger partial charge in [0.1, 0.15) is 0 Å². The fourth-order valence-electron chi connectivity index (χ4n) is 2.40. The first kappa shape index (κ1) is 23.8. The van der Waals surface area contributed by atoms with Gasteiger partial charge in [-0.15, -0.1) is 13.2 Å². The van der Waals surface area contributed by atoms with Crippen LogP contribution in [0.2, 0.25) is 18.1 Å². The van der Waals surface area contributed by atoms with E-state index >= 15 is 0 Å². The zero-order valence-corrected chi connectivity index (χ0v) is 19.5. The molecule has 0 aliphatic heterocycles. The van der Waals surface area contributed by atoms with Crippen LogP contribution in [0, 0.1) is 6.92 Å². The van der Waals surface area contributed by atoms with E-state index in [9.17, 15) is 8.42 Å². The largest absolute Gasteiger partial charge is 0.415 e. The summed E-state index contributed by atoms with van der Waals surface area (Å²) in [6.45, 7) is 20.9. The van der Waals surface area contributed by atoms with E-state index in [4.69, 9.17) is 4.43 Å². The van der Waals surface area contributed by atoms with E-state index < -0.39 is 18.3 Å². The fraction of sp³-hybridized carbons (Fsp3) is 0.524. The van der Waals surface area contributed by atoms with Gasteiger partial charge in [-0.2, -0.15) is 4.31 Å².